The number of fused-ring (bicyclic) bond motifs is 3. The van der Waals surface area contributed by atoms with E-state index < -0.39 is 0 Å². The van der Waals surface area contributed by atoms with Gasteiger partial charge in [0.15, 0.2) is 0 Å². The number of benzene rings is 3. The molecule has 0 fully saturated rings. The maximum Gasteiger partial charge on any atom is 0.0710 e. The molecule has 0 aliphatic heterocycles. The second-order valence-electron chi connectivity index (χ2n) is 7.62. The first-order valence-electron chi connectivity index (χ1n) is 9.64. The maximum atomic E-state index is 6.44. The van der Waals surface area contributed by atoms with E-state index in [1.54, 1.807) is 0 Å². The Morgan fingerprint density at radius 1 is 0.704 bits per heavy atom. The second-order valence-corrected chi connectivity index (χ2v) is 7.62. The molecule has 0 saturated heterocycles. The van der Waals surface area contributed by atoms with Crippen molar-refractivity contribution in [2.24, 2.45) is 11.7 Å². The average Bonchev–Trinajstić information content (AvgIpc) is 3.00. The monoisotopic (exact) mass is 349 g/mol. The van der Waals surface area contributed by atoms with Gasteiger partial charge in [0, 0.05) is 6.04 Å². The molecule has 0 bridgehead atoms. The zero-order chi connectivity index (χ0) is 18.4. The fraction of sp³-hybridized carbons (Fsp3) is 0.154. The van der Waals surface area contributed by atoms with Crippen LogP contribution >= 0.6 is 0 Å². The molecule has 1 heteroatoms. The molecule has 1 nitrogen and oxygen atoms in total. The molecule has 0 heterocycles. The van der Waals surface area contributed by atoms with E-state index >= 15 is 0 Å². The molecule has 2 atom stereocenters. The van der Waals surface area contributed by atoms with Crippen molar-refractivity contribution in [3.8, 4) is 0 Å². The van der Waals surface area contributed by atoms with Gasteiger partial charge in [0.05, 0.1) is 5.41 Å². The first-order valence-corrected chi connectivity index (χ1v) is 9.64. The summed E-state index contributed by atoms with van der Waals surface area (Å²) in [6, 6.07) is 30.6. The quantitative estimate of drug-likeness (QED) is 0.665. The summed E-state index contributed by atoms with van der Waals surface area (Å²) in [5.41, 5.74) is 14.1. The van der Waals surface area contributed by atoms with Crippen LogP contribution < -0.4 is 5.73 Å². The molecule has 2 aliphatic carbocycles. The molecule has 0 spiro atoms. The van der Waals surface area contributed by atoms with E-state index in [9.17, 15) is 0 Å². The Hall–Kier alpha value is -2.90. The zero-order valence-electron chi connectivity index (χ0n) is 15.5. The smallest absolute Gasteiger partial charge is 0.0710 e. The molecule has 0 saturated carbocycles. The van der Waals surface area contributed by atoms with Gasteiger partial charge in [-0.05, 0) is 39.3 Å². The highest BCUT2D eigenvalue weighted by molar-refractivity contribution is 5.95. The summed E-state index contributed by atoms with van der Waals surface area (Å²) < 4.78 is 0. The van der Waals surface area contributed by atoms with E-state index in [-0.39, 0.29) is 11.5 Å². The summed E-state index contributed by atoms with van der Waals surface area (Å²) in [7, 11) is 0. The third-order valence-corrected chi connectivity index (χ3v) is 6.12. The first-order chi connectivity index (χ1) is 13.2. The molecule has 5 rings (SSSR count). The van der Waals surface area contributed by atoms with E-state index in [4.69, 9.17) is 5.73 Å². The predicted molar refractivity (Wildman–Crippen MR) is 112 cm³/mol. The van der Waals surface area contributed by atoms with Gasteiger partial charge in [-0.2, -0.15) is 0 Å². The fourth-order valence-corrected chi connectivity index (χ4v) is 4.81. The number of rotatable bonds is 2. The molecule has 0 aromatic heterocycles. The predicted octanol–water partition coefficient (Wildman–Crippen LogP) is 5.32. The van der Waals surface area contributed by atoms with Crippen LogP contribution in [-0.4, -0.2) is 6.04 Å². The normalized spacial score (nSPS) is 22.4. The molecule has 2 N–H and O–H groups in total. The van der Waals surface area contributed by atoms with Crippen LogP contribution in [0.2, 0.25) is 0 Å². The molecule has 132 valence electrons. The Bertz CT molecular complexity index is 1000. The lowest BCUT2D eigenvalue weighted by Gasteiger charge is -2.36. The van der Waals surface area contributed by atoms with Crippen LogP contribution in [0.25, 0.3) is 5.57 Å². The van der Waals surface area contributed by atoms with Gasteiger partial charge in [-0.15, -0.1) is 0 Å². The Balaban J connectivity index is 1.93. The van der Waals surface area contributed by atoms with Crippen molar-refractivity contribution in [2.45, 2.75) is 18.4 Å². The zero-order valence-corrected chi connectivity index (χ0v) is 15.5. The van der Waals surface area contributed by atoms with Gasteiger partial charge in [0.2, 0.25) is 0 Å². The molecular formula is C26H23N. The largest absolute Gasteiger partial charge is 0.324 e. The minimum absolute atomic E-state index is 0.0548. The van der Waals surface area contributed by atoms with Gasteiger partial charge >= 0.3 is 0 Å². The second kappa shape index (κ2) is 6.07. The lowest BCUT2D eigenvalue weighted by Crippen LogP contribution is -2.33. The lowest BCUT2D eigenvalue weighted by molar-refractivity contribution is 0.611. The number of nitrogens with two attached hydrogens (primary N) is 1. The van der Waals surface area contributed by atoms with E-state index in [2.05, 4.69) is 104 Å². The van der Waals surface area contributed by atoms with Crippen LogP contribution in [0.1, 0.15) is 29.2 Å². The Kier molecular flexibility index (Phi) is 3.66. The highest BCUT2D eigenvalue weighted by atomic mass is 14.6. The number of allylic oxidation sites excluding steroid dienone is 2. The van der Waals surface area contributed by atoms with Crippen LogP contribution in [0.4, 0.5) is 0 Å². The minimum Gasteiger partial charge on any atom is -0.324 e. The van der Waals surface area contributed by atoms with E-state index in [1.807, 2.05) is 0 Å². The molecule has 0 radical (unpaired) electrons. The molecular weight excluding hydrogens is 326 g/mol. The van der Waals surface area contributed by atoms with E-state index in [0.717, 1.165) is 0 Å². The van der Waals surface area contributed by atoms with Crippen molar-refractivity contribution < 1.29 is 0 Å². The highest BCUT2D eigenvalue weighted by Gasteiger charge is 2.49. The standard InChI is InChI=1S/C26H23N/c1-18-16-24-22(17-25(18)27)21-14-8-9-15-23(21)26(24,19-10-4-2-5-11-19)20-12-6-3-7-13-20/h2-18,25H,27H2,1H3/t18-,25?/m1/s1. The Labute approximate surface area is 160 Å². The third-order valence-electron chi connectivity index (χ3n) is 6.12. The van der Waals surface area contributed by atoms with Gasteiger partial charge in [-0.3, -0.25) is 0 Å². The van der Waals surface area contributed by atoms with Gasteiger partial charge in [0.25, 0.3) is 0 Å². The number of hydrogen-bond donors (Lipinski definition) is 1. The van der Waals surface area contributed by atoms with Gasteiger partial charge < -0.3 is 5.73 Å². The van der Waals surface area contributed by atoms with E-state index in [1.165, 1.54) is 33.4 Å². The molecule has 3 aromatic carbocycles. The topological polar surface area (TPSA) is 26.0 Å². The number of hydrogen-bond acceptors (Lipinski definition) is 1. The molecule has 1 unspecified atom stereocenters. The molecule has 0 amide bonds. The van der Waals surface area contributed by atoms with Crippen molar-refractivity contribution in [3.63, 3.8) is 0 Å². The average molecular weight is 349 g/mol. The van der Waals surface area contributed by atoms with Crippen molar-refractivity contribution in [3.05, 3.63) is 125 Å². The Morgan fingerprint density at radius 2 is 1.26 bits per heavy atom. The van der Waals surface area contributed by atoms with E-state index in [0.29, 0.717) is 5.92 Å². The third kappa shape index (κ3) is 2.22. The van der Waals surface area contributed by atoms with Crippen LogP contribution in [0.15, 0.2) is 103 Å². The van der Waals surface area contributed by atoms with Gasteiger partial charge in [-0.25, -0.2) is 0 Å². The molecule has 27 heavy (non-hydrogen) atoms. The fourth-order valence-electron chi connectivity index (χ4n) is 4.81. The summed E-state index contributed by atoms with van der Waals surface area (Å²) in [4.78, 5) is 0. The summed E-state index contributed by atoms with van der Waals surface area (Å²) in [5, 5.41) is 0. The summed E-state index contributed by atoms with van der Waals surface area (Å²) in [6.45, 7) is 2.22. The lowest BCUT2D eigenvalue weighted by atomic mass is 9.66. The van der Waals surface area contributed by atoms with Crippen molar-refractivity contribution >= 4 is 5.57 Å². The first kappa shape index (κ1) is 16.3. The molecule has 2 aliphatic rings. The van der Waals surface area contributed by atoms with Crippen LogP contribution in [0, 0.1) is 5.92 Å². The summed E-state index contributed by atoms with van der Waals surface area (Å²) in [5.74, 6) is 0.310. The minimum atomic E-state index is -0.292. The van der Waals surface area contributed by atoms with Crippen molar-refractivity contribution in [1.29, 1.82) is 0 Å². The van der Waals surface area contributed by atoms with Crippen LogP contribution in [0.5, 0.6) is 0 Å². The SMILES string of the molecule is C[C@@H]1C=C2C(=CC1N)c1ccccc1C2(c1ccccc1)c1ccccc1. The van der Waals surface area contributed by atoms with Gasteiger partial charge in [0.1, 0.15) is 0 Å². The van der Waals surface area contributed by atoms with Gasteiger partial charge in [-0.1, -0.05) is 104 Å². The Morgan fingerprint density at radius 3 is 1.89 bits per heavy atom. The van der Waals surface area contributed by atoms with Crippen LogP contribution in [-0.2, 0) is 5.41 Å². The van der Waals surface area contributed by atoms with Crippen LogP contribution in [0.3, 0.4) is 0 Å². The summed E-state index contributed by atoms with van der Waals surface area (Å²) >= 11 is 0. The highest BCUT2D eigenvalue weighted by Crippen LogP contribution is 2.58. The van der Waals surface area contributed by atoms with Crippen molar-refractivity contribution in [1.82, 2.24) is 0 Å². The molecule has 3 aromatic rings. The van der Waals surface area contributed by atoms with Crippen molar-refractivity contribution in [2.75, 3.05) is 0 Å². The summed E-state index contributed by atoms with van der Waals surface area (Å²) in [6.07, 6.45) is 4.67. The maximum absolute atomic E-state index is 6.44.